The number of rotatable bonds is 8. The number of hydrogen-bond donors (Lipinski definition) is 1. The lowest BCUT2D eigenvalue weighted by Crippen LogP contribution is -2.14. The minimum Gasteiger partial charge on any atom is -0.497 e. The van der Waals surface area contributed by atoms with Crippen molar-refractivity contribution in [3.63, 3.8) is 0 Å². The summed E-state index contributed by atoms with van der Waals surface area (Å²) in [6.45, 7) is 6.41. The summed E-state index contributed by atoms with van der Waals surface area (Å²) in [5.74, 6) is 0.631. The van der Waals surface area contributed by atoms with Gasteiger partial charge in [0, 0.05) is 16.0 Å². The van der Waals surface area contributed by atoms with Crippen LogP contribution < -0.4 is 14.8 Å². The molecule has 0 saturated carbocycles. The van der Waals surface area contributed by atoms with E-state index in [0.29, 0.717) is 28.5 Å². The second-order valence-electron chi connectivity index (χ2n) is 6.60. The monoisotopic (exact) mass is 439 g/mol. The van der Waals surface area contributed by atoms with Gasteiger partial charge in [0.25, 0.3) is 5.91 Å². The van der Waals surface area contributed by atoms with Crippen molar-refractivity contribution in [2.45, 2.75) is 20.8 Å². The number of carbonyl (C=O) groups is 2. The van der Waals surface area contributed by atoms with Crippen LogP contribution >= 0.6 is 11.3 Å². The summed E-state index contributed by atoms with van der Waals surface area (Å²) in [4.78, 5) is 26.5. The van der Waals surface area contributed by atoms with E-state index in [2.05, 4.69) is 5.32 Å². The van der Waals surface area contributed by atoms with E-state index in [1.165, 1.54) is 11.3 Å². The highest BCUT2D eigenvalue weighted by atomic mass is 32.1. The van der Waals surface area contributed by atoms with Crippen molar-refractivity contribution in [1.82, 2.24) is 0 Å². The Morgan fingerprint density at radius 2 is 1.58 bits per heavy atom. The van der Waals surface area contributed by atoms with Crippen LogP contribution in [0, 0.1) is 6.92 Å². The number of anilines is 1. The van der Waals surface area contributed by atoms with Crippen LogP contribution in [-0.2, 0) is 4.74 Å². The van der Waals surface area contributed by atoms with Crippen LogP contribution in [0.25, 0.3) is 11.1 Å². The standard InChI is InChI=1S/C24H25NO5S/c1-5-29-19-13-7-16(8-14-19)20-15(3)31-23(21(20)24(27)30-6-2)25-22(26)17-9-11-18(28-4)12-10-17/h7-14H,5-6H2,1-4H3,(H,25,26). The Balaban J connectivity index is 1.98. The van der Waals surface area contributed by atoms with Crippen molar-refractivity contribution < 1.29 is 23.8 Å². The molecule has 2 aromatic carbocycles. The number of aryl methyl sites for hydroxylation is 1. The van der Waals surface area contributed by atoms with E-state index in [1.54, 1.807) is 38.3 Å². The third-order valence-electron chi connectivity index (χ3n) is 4.60. The Labute approximate surface area is 185 Å². The molecule has 6 nitrogen and oxygen atoms in total. The summed E-state index contributed by atoms with van der Waals surface area (Å²) in [6.07, 6.45) is 0. The minimum absolute atomic E-state index is 0.238. The average Bonchev–Trinajstić information content (AvgIpc) is 3.10. The van der Waals surface area contributed by atoms with Crippen LogP contribution in [0.5, 0.6) is 11.5 Å². The zero-order valence-corrected chi connectivity index (χ0v) is 18.8. The summed E-state index contributed by atoms with van der Waals surface area (Å²) < 4.78 is 15.9. The van der Waals surface area contributed by atoms with E-state index in [9.17, 15) is 9.59 Å². The van der Waals surface area contributed by atoms with Crippen LogP contribution in [0.15, 0.2) is 48.5 Å². The number of thiophene rings is 1. The van der Waals surface area contributed by atoms with Gasteiger partial charge in [0.1, 0.15) is 22.1 Å². The van der Waals surface area contributed by atoms with E-state index in [-0.39, 0.29) is 12.5 Å². The molecule has 1 aromatic heterocycles. The van der Waals surface area contributed by atoms with Gasteiger partial charge in [0.2, 0.25) is 0 Å². The van der Waals surface area contributed by atoms with E-state index >= 15 is 0 Å². The number of nitrogens with one attached hydrogen (secondary N) is 1. The molecule has 0 aliphatic heterocycles. The van der Waals surface area contributed by atoms with Gasteiger partial charge >= 0.3 is 5.97 Å². The van der Waals surface area contributed by atoms with E-state index in [1.807, 2.05) is 38.1 Å². The van der Waals surface area contributed by atoms with Crippen LogP contribution in [-0.4, -0.2) is 32.2 Å². The Morgan fingerprint density at radius 1 is 0.935 bits per heavy atom. The maximum absolute atomic E-state index is 12.8. The van der Waals surface area contributed by atoms with E-state index in [0.717, 1.165) is 21.8 Å². The molecule has 0 radical (unpaired) electrons. The number of methoxy groups -OCH3 is 1. The Morgan fingerprint density at radius 3 is 2.16 bits per heavy atom. The summed E-state index contributed by atoms with van der Waals surface area (Å²) in [6, 6.07) is 14.3. The zero-order chi connectivity index (χ0) is 22.4. The van der Waals surface area contributed by atoms with Gasteiger partial charge in [-0.2, -0.15) is 0 Å². The molecule has 3 rings (SSSR count). The fourth-order valence-electron chi connectivity index (χ4n) is 3.18. The van der Waals surface area contributed by atoms with E-state index in [4.69, 9.17) is 14.2 Å². The summed E-state index contributed by atoms with van der Waals surface area (Å²) in [5, 5.41) is 3.34. The molecule has 0 aliphatic rings. The molecule has 0 saturated heterocycles. The van der Waals surface area contributed by atoms with Crippen molar-refractivity contribution in [2.75, 3.05) is 25.6 Å². The predicted octanol–water partition coefficient (Wildman–Crippen LogP) is 5.56. The van der Waals surface area contributed by atoms with Gasteiger partial charge in [-0.1, -0.05) is 12.1 Å². The molecule has 1 heterocycles. The molecule has 1 N–H and O–H groups in total. The first kappa shape index (κ1) is 22.4. The third kappa shape index (κ3) is 5.06. The largest absolute Gasteiger partial charge is 0.497 e. The topological polar surface area (TPSA) is 73.9 Å². The lowest BCUT2D eigenvalue weighted by atomic mass is 10.0. The first-order valence-corrected chi connectivity index (χ1v) is 10.8. The van der Waals surface area contributed by atoms with Crippen molar-refractivity contribution in [1.29, 1.82) is 0 Å². The number of amides is 1. The maximum atomic E-state index is 12.8. The molecule has 162 valence electrons. The zero-order valence-electron chi connectivity index (χ0n) is 18.0. The highest BCUT2D eigenvalue weighted by molar-refractivity contribution is 7.17. The van der Waals surface area contributed by atoms with Crippen LogP contribution in [0.2, 0.25) is 0 Å². The smallest absolute Gasteiger partial charge is 0.341 e. The number of hydrogen-bond acceptors (Lipinski definition) is 6. The second-order valence-corrected chi connectivity index (χ2v) is 7.82. The maximum Gasteiger partial charge on any atom is 0.341 e. The van der Waals surface area contributed by atoms with Gasteiger partial charge in [-0.25, -0.2) is 4.79 Å². The lowest BCUT2D eigenvalue weighted by molar-refractivity contribution is 0.0529. The highest BCUT2D eigenvalue weighted by Crippen LogP contribution is 2.41. The van der Waals surface area contributed by atoms with Crippen molar-refractivity contribution in [2.24, 2.45) is 0 Å². The van der Waals surface area contributed by atoms with Crippen molar-refractivity contribution >= 4 is 28.2 Å². The third-order valence-corrected chi connectivity index (χ3v) is 5.62. The van der Waals surface area contributed by atoms with Crippen molar-refractivity contribution in [3.05, 3.63) is 64.5 Å². The molecule has 7 heteroatoms. The summed E-state index contributed by atoms with van der Waals surface area (Å²) in [5.41, 5.74) is 2.42. The van der Waals surface area contributed by atoms with Crippen LogP contribution in [0.1, 0.15) is 39.4 Å². The number of carbonyl (C=O) groups excluding carboxylic acids is 2. The molecule has 0 aliphatic carbocycles. The first-order valence-electron chi connectivity index (χ1n) is 9.97. The molecule has 0 spiro atoms. The number of esters is 1. The summed E-state index contributed by atoms with van der Waals surface area (Å²) in [7, 11) is 1.57. The normalized spacial score (nSPS) is 10.5. The molecule has 31 heavy (non-hydrogen) atoms. The average molecular weight is 440 g/mol. The number of ether oxygens (including phenoxy) is 3. The Kier molecular flexibility index (Phi) is 7.31. The fraction of sp³-hybridized carbons (Fsp3) is 0.250. The van der Waals surface area contributed by atoms with Crippen LogP contribution in [0.4, 0.5) is 5.00 Å². The molecule has 0 unspecified atom stereocenters. The first-order chi connectivity index (χ1) is 15.0. The molecule has 3 aromatic rings. The van der Waals surface area contributed by atoms with Gasteiger partial charge < -0.3 is 19.5 Å². The number of benzene rings is 2. The molecule has 0 fully saturated rings. The molecular weight excluding hydrogens is 414 g/mol. The summed E-state index contributed by atoms with van der Waals surface area (Å²) >= 11 is 1.35. The van der Waals surface area contributed by atoms with E-state index < -0.39 is 5.97 Å². The van der Waals surface area contributed by atoms with Gasteiger partial charge in [0.15, 0.2) is 0 Å². The Bertz CT molecular complexity index is 1050. The molecular formula is C24H25NO5S. The lowest BCUT2D eigenvalue weighted by Gasteiger charge is -2.10. The van der Waals surface area contributed by atoms with Gasteiger partial charge in [0.05, 0.1) is 20.3 Å². The quantitative estimate of drug-likeness (QED) is 0.465. The fourth-order valence-corrected chi connectivity index (χ4v) is 4.24. The molecule has 0 bridgehead atoms. The molecule has 1 amide bonds. The Hall–Kier alpha value is -3.32. The minimum atomic E-state index is -0.472. The predicted molar refractivity (Wildman–Crippen MR) is 123 cm³/mol. The molecule has 0 atom stereocenters. The highest BCUT2D eigenvalue weighted by Gasteiger charge is 2.25. The SMILES string of the molecule is CCOC(=O)c1c(NC(=O)c2ccc(OC)cc2)sc(C)c1-c1ccc(OCC)cc1. The van der Waals surface area contributed by atoms with Gasteiger partial charge in [-0.3, -0.25) is 4.79 Å². The van der Waals surface area contributed by atoms with Crippen LogP contribution in [0.3, 0.4) is 0 Å². The van der Waals surface area contributed by atoms with Gasteiger partial charge in [-0.05, 0) is 62.7 Å². The second kappa shape index (κ2) is 10.1. The van der Waals surface area contributed by atoms with Crippen molar-refractivity contribution in [3.8, 4) is 22.6 Å². The van der Waals surface area contributed by atoms with Gasteiger partial charge in [-0.15, -0.1) is 11.3 Å².